The lowest BCUT2D eigenvalue weighted by Crippen LogP contribution is -2.70. The predicted molar refractivity (Wildman–Crippen MR) is 263 cm³/mol. The van der Waals surface area contributed by atoms with E-state index in [1.54, 1.807) is 6.08 Å². The van der Waals surface area contributed by atoms with Gasteiger partial charge in [-0.1, -0.05) is 110 Å². The summed E-state index contributed by atoms with van der Waals surface area (Å²) in [6.45, 7) is 13.0. The van der Waals surface area contributed by atoms with Crippen molar-refractivity contribution in [2.45, 2.75) is 102 Å². The predicted octanol–water partition coefficient (Wildman–Crippen LogP) is 12.3. The minimum Gasteiger partial charge on any atom is -0.459 e. The first-order valence-corrected chi connectivity index (χ1v) is 24.0. The van der Waals surface area contributed by atoms with E-state index in [9.17, 15) is 10.2 Å². The van der Waals surface area contributed by atoms with Gasteiger partial charge in [-0.05, 0) is 135 Å². The Labute approximate surface area is 390 Å². The van der Waals surface area contributed by atoms with Crippen molar-refractivity contribution in [3.05, 3.63) is 151 Å². The van der Waals surface area contributed by atoms with Crippen molar-refractivity contribution in [1.82, 2.24) is 4.90 Å². The third-order valence-corrected chi connectivity index (χ3v) is 13.4. The standard InChI is InChI=1S/C57H66N2O7/c1-6-31-59(55(62)44-24-23-40-19-11-12-20-42(40)35-44)52-38-50(58-66-56(3,4)5)48-36-43(21-13-15-32-60)47(22-14-16-33-61)53-49-37-46(29-30-51(49)65-57(52,54(48)53)63-34-7-2)64-45-27-25-41(26-28-45)39-17-9-8-10-18-39/h7-12,17-20,23-30,35-37,43,47,52-54,60-61H,2,6,13-16,21-22,31-34,38H2,1,3-5H3/t43-,47+,52-,53+,54+,57+/m0/s1. The molecule has 0 saturated heterocycles. The molecule has 2 N–H and O–H groups in total. The van der Waals surface area contributed by atoms with E-state index >= 15 is 4.79 Å². The molecule has 1 saturated carbocycles. The van der Waals surface area contributed by atoms with Crippen LogP contribution in [0.15, 0.2) is 145 Å². The molecule has 0 unspecified atom stereocenters. The van der Waals surface area contributed by atoms with Crippen molar-refractivity contribution in [2.75, 3.05) is 26.4 Å². The molecule has 6 atom stereocenters. The number of fused-ring (bicyclic) bond motifs is 3. The van der Waals surface area contributed by atoms with Crippen LogP contribution >= 0.6 is 0 Å². The van der Waals surface area contributed by atoms with Crippen LogP contribution in [0.4, 0.5) is 0 Å². The monoisotopic (exact) mass is 890 g/mol. The lowest BCUT2D eigenvalue weighted by Gasteiger charge is -2.60. The Hall–Kier alpha value is -5.74. The first-order valence-electron chi connectivity index (χ1n) is 24.0. The van der Waals surface area contributed by atoms with E-state index in [1.165, 1.54) is 0 Å². The average Bonchev–Trinajstić information content (AvgIpc) is 3.33. The number of aliphatic hydroxyl groups is 2. The summed E-state index contributed by atoms with van der Waals surface area (Å²) in [6, 6.07) is 37.9. The van der Waals surface area contributed by atoms with Gasteiger partial charge >= 0.3 is 0 Å². The average molecular weight is 891 g/mol. The summed E-state index contributed by atoms with van der Waals surface area (Å²) >= 11 is 0. The Morgan fingerprint density at radius 1 is 0.848 bits per heavy atom. The second kappa shape index (κ2) is 20.8. The highest BCUT2D eigenvalue weighted by atomic mass is 16.7. The number of nitrogens with zero attached hydrogens (tertiary/aromatic N) is 2. The molecule has 1 amide bonds. The highest BCUT2D eigenvalue weighted by Gasteiger charge is 2.65. The van der Waals surface area contributed by atoms with Gasteiger partial charge in [0.05, 0.1) is 18.2 Å². The van der Waals surface area contributed by atoms with Gasteiger partial charge < -0.3 is 34.2 Å². The number of unbranched alkanes of at least 4 members (excludes halogenated alkanes) is 2. The smallest absolute Gasteiger partial charge is 0.254 e. The molecule has 66 heavy (non-hydrogen) atoms. The number of benzene rings is 5. The number of amides is 1. The summed E-state index contributed by atoms with van der Waals surface area (Å²) < 4.78 is 21.4. The zero-order chi connectivity index (χ0) is 46.3. The van der Waals surface area contributed by atoms with E-state index in [0.717, 1.165) is 70.2 Å². The van der Waals surface area contributed by atoms with Gasteiger partial charge in [0.15, 0.2) is 0 Å². The SMILES string of the molecule is C=CCO[C@@]12Oc3ccc(Oc4ccc(-c5ccccc5)cc4)cc3[C@H]3[C@H](CCCCO)[C@@H](CCCCO)C=C(C(=NOC(C)(C)C)C[C@@H]1N(CCC)C(=O)c1ccc4ccccc4c1)[C@H]32. The highest BCUT2D eigenvalue weighted by molar-refractivity contribution is 6.04. The second-order valence-electron chi connectivity index (χ2n) is 19.0. The number of rotatable bonds is 19. The zero-order valence-corrected chi connectivity index (χ0v) is 39.0. The number of hydrogen-bond donors (Lipinski definition) is 2. The third kappa shape index (κ3) is 9.99. The van der Waals surface area contributed by atoms with Crippen LogP contribution in [0.25, 0.3) is 21.9 Å². The molecule has 3 aliphatic rings. The van der Waals surface area contributed by atoms with Crippen LogP contribution in [-0.4, -0.2) is 70.5 Å². The van der Waals surface area contributed by atoms with Gasteiger partial charge in [0.2, 0.25) is 5.79 Å². The Bertz CT molecular complexity index is 2510. The number of hydrogen-bond acceptors (Lipinski definition) is 8. The first-order chi connectivity index (χ1) is 32.1. The molecule has 0 bridgehead atoms. The van der Waals surface area contributed by atoms with Crippen molar-refractivity contribution in [3.63, 3.8) is 0 Å². The fourth-order valence-electron chi connectivity index (χ4n) is 10.5. The van der Waals surface area contributed by atoms with Crippen molar-refractivity contribution in [1.29, 1.82) is 0 Å². The fourth-order valence-corrected chi connectivity index (χ4v) is 10.5. The summed E-state index contributed by atoms with van der Waals surface area (Å²) in [5.74, 6) is 0.192. The van der Waals surface area contributed by atoms with Crippen LogP contribution in [0.1, 0.15) is 101 Å². The minimum absolute atomic E-state index is 0.0816. The second-order valence-corrected chi connectivity index (χ2v) is 19.0. The Morgan fingerprint density at radius 3 is 2.26 bits per heavy atom. The van der Waals surface area contributed by atoms with Gasteiger partial charge in [-0.3, -0.25) is 4.79 Å². The maximum Gasteiger partial charge on any atom is 0.254 e. The van der Waals surface area contributed by atoms with Crippen molar-refractivity contribution >= 4 is 22.4 Å². The molecule has 8 rings (SSSR count). The van der Waals surface area contributed by atoms with Gasteiger partial charge in [0, 0.05) is 43.2 Å². The van der Waals surface area contributed by atoms with Crippen LogP contribution in [0.3, 0.4) is 0 Å². The maximum absolute atomic E-state index is 15.3. The molecule has 0 radical (unpaired) electrons. The van der Waals surface area contributed by atoms with E-state index in [1.807, 2.05) is 105 Å². The summed E-state index contributed by atoms with van der Waals surface area (Å²) in [5.41, 5.74) is 5.03. The molecule has 0 spiro atoms. The van der Waals surface area contributed by atoms with E-state index in [-0.39, 0.29) is 43.5 Å². The molecule has 1 heterocycles. The van der Waals surface area contributed by atoms with Gasteiger partial charge in [0.25, 0.3) is 5.91 Å². The Morgan fingerprint density at radius 2 is 1.55 bits per heavy atom. The summed E-state index contributed by atoms with van der Waals surface area (Å²) in [6.07, 6.45) is 9.91. The minimum atomic E-state index is -1.36. The molecule has 1 aliphatic heterocycles. The molecule has 0 aromatic heterocycles. The molecule has 346 valence electrons. The van der Waals surface area contributed by atoms with Crippen molar-refractivity contribution in [2.24, 2.45) is 22.9 Å². The lowest BCUT2D eigenvalue weighted by molar-refractivity contribution is -0.254. The number of aliphatic hydroxyl groups excluding tert-OH is 2. The third-order valence-electron chi connectivity index (χ3n) is 13.4. The van der Waals surface area contributed by atoms with Crippen molar-refractivity contribution in [3.8, 4) is 28.4 Å². The Kier molecular flexibility index (Phi) is 14.8. The first kappa shape index (κ1) is 46.8. The van der Waals surface area contributed by atoms with Crippen LogP contribution < -0.4 is 9.47 Å². The normalized spacial score (nSPS) is 22.7. The molecular formula is C57H66N2O7. The number of ether oxygens (including phenoxy) is 3. The molecule has 2 aliphatic carbocycles. The van der Waals surface area contributed by atoms with Gasteiger partial charge in [-0.25, -0.2) is 0 Å². The quantitative estimate of drug-likeness (QED) is 0.0483. The zero-order valence-electron chi connectivity index (χ0n) is 39.0. The molecule has 9 nitrogen and oxygen atoms in total. The van der Waals surface area contributed by atoms with E-state index in [2.05, 4.69) is 56.0 Å². The summed E-state index contributed by atoms with van der Waals surface area (Å²) in [5, 5.41) is 27.1. The summed E-state index contributed by atoms with van der Waals surface area (Å²) in [7, 11) is 0. The molecular weight excluding hydrogens is 825 g/mol. The van der Waals surface area contributed by atoms with E-state index < -0.39 is 23.3 Å². The van der Waals surface area contributed by atoms with Crippen molar-refractivity contribution < 1.29 is 34.1 Å². The topological polar surface area (TPSA) is 110 Å². The van der Waals surface area contributed by atoms with Gasteiger partial charge in [-0.2, -0.15) is 0 Å². The van der Waals surface area contributed by atoms with Gasteiger partial charge in [-0.15, -0.1) is 6.58 Å². The number of carbonyl (C=O) groups excluding carboxylic acids is 1. The molecule has 5 aromatic carbocycles. The van der Waals surface area contributed by atoms with Crippen LogP contribution in [0.5, 0.6) is 17.2 Å². The lowest BCUT2D eigenvalue weighted by atomic mass is 9.55. The maximum atomic E-state index is 15.3. The van der Waals surface area contributed by atoms with Crippen LogP contribution in [-0.2, 0) is 9.57 Å². The van der Waals surface area contributed by atoms with E-state index in [0.29, 0.717) is 49.3 Å². The van der Waals surface area contributed by atoms with Gasteiger partial charge in [0.1, 0.15) is 28.9 Å². The fraction of sp³-hybridized carbons (Fsp3) is 0.404. The number of oxime groups is 1. The van der Waals surface area contributed by atoms with Crippen LogP contribution in [0, 0.1) is 17.8 Å². The van der Waals surface area contributed by atoms with E-state index in [4.69, 9.17) is 24.2 Å². The number of carbonyl (C=O) groups is 1. The Balaban J connectivity index is 1.31. The molecule has 9 heteroatoms. The molecule has 5 aromatic rings. The largest absolute Gasteiger partial charge is 0.459 e. The summed E-state index contributed by atoms with van der Waals surface area (Å²) in [4.78, 5) is 23.6. The highest BCUT2D eigenvalue weighted by Crippen LogP contribution is 2.62. The molecule has 1 fully saturated rings. The number of allylic oxidation sites excluding steroid dienone is 1. The van der Waals surface area contributed by atoms with Crippen LogP contribution in [0.2, 0.25) is 0 Å².